The molecule has 18 heavy (non-hydrogen) atoms. The van der Waals surface area contributed by atoms with Crippen LogP contribution in [-0.4, -0.2) is 16.7 Å². The van der Waals surface area contributed by atoms with E-state index in [9.17, 15) is 4.79 Å². The van der Waals surface area contributed by atoms with E-state index in [-0.39, 0.29) is 5.56 Å². The van der Waals surface area contributed by atoms with Crippen molar-refractivity contribution < 1.29 is 9.53 Å². The first kappa shape index (κ1) is 13.5. The second-order valence-electron chi connectivity index (χ2n) is 3.69. The molecular formula is C13H9Cl3O2. The number of halogens is 3. The van der Waals surface area contributed by atoms with E-state index in [1.54, 1.807) is 12.1 Å². The van der Waals surface area contributed by atoms with Gasteiger partial charge in [-0.3, -0.25) is 4.79 Å². The maximum Gasteiger partial charge on any atom is 0.253 e. The van der Waals surface area contributed by atoms with Crippen molar-refractivity contribution in [2.75, 3.05) is 7.11 Å². The Morgan fingerprint density at radius 3 is 2.39 bits per heavy atom. The van der Waals surface area contributed by atoms with E-state index < -0.39 is 9.58 Å². The van der Waals surface area contributed by atoms with Gasteiger partial charge in [0, 0.05) is 0 Å². The van der Waals surface area contributed by atoms with Crippen molar-refractivity contribution in [2.24, 2.45) is 0 Å². The number of hydrogen-bond donors (Lipinski definition) is 0. The van der Waals surface area contributed by atoms with Crippen LogP contribution in [-0.2, 0) is 0 Å². The fraction of sp³-hybridized carbons (Fsp3) is 0.154. The van der Waals surface area contributed by atoms with Crippen molar-refractivity contribution in [1.82, 2.24) is 0 Å². The molecule has 2 rings (SSSR count). The van der Waals surface area contributed by atoms with Gasteiger partial charge in [0.1, 0.15) is 5.75 Å². The molecule has 0 radical (unpaired) electrons. The fourth-order valence-corrected chi connectivity index (χ4v) is 2.08. The monoisotopic (exact) mass is 302 g/mol. The van der Waals surface area contributed by atoms with Crippen LogP contribution in [0.3, 0.4) is 0 Å². The lowest BCUT2D eigenvalue weighted by Gasteiger charge is -2.15. The molecule has 0 aliphatic carbocycles. The molecule has 0 amide bonds. The molecule has 0 spiro atoms. The molecule has 0 fully saturated rings. The van der Waals surface area contributed by atoms with Gasteiger partial charge in [-0.05, 0) is 16.8 Å². The zero-order chi connectivity index (χ0) is 13.3. The van der Waals surface area contributed by atoms with Gasteiger partial charge in [0.05, 0.1) is 12.7 Å². The largest absolute Gasteiger partial charge is 0.496 e. The smallest absolute Gasteiger partial charge is 0.253 e. The Morgan fingerprint density at radius 1 is 1.11 bits per heavy atom. The Bertz CT molecular complexity index is 603. The van der Waals surface area contributed by atoms with Gasteiger partial charge in [-0.15, -0.1) is 0 Å². The Morgan fingerprint density at radius 2 is 1.78 bits per heavy atom. The number of hydrogen-bond acceptors (Lipinski definition) is 2. The number of alkyl halides is 3. The van der Waals surface area contributed by atoms with Crippen LogP contribution in [0.1, 0.15) is 10.4 Å². The molecule has 0 N–H and O–H groups in total. The van der Waals surface area contributed by atoms with Crippen LogP contribution in [0.25, 0.3) is 10.8 Å². The number of rotatable bonds is 2. The lowest BCUT2D eigenvalue weighted by Crippen LogP contribution is -2.20. The summed E-state index contributed by atoms with van der Waals surface area (Å²) in [5.41, 5.74) is 0.288. The molecular weight excluding hydrogens is 294 g/mol. The van der Waals surface area contributed by atoms with E-state index in [2.05, 4.69) is 0 Å². The lowest BCUT2D eigenvalue weighted by atomic mass is 10.0. The molecule has 2 nitrogen and oxygen atoms in total. The number of ketones is 1. The molecule has 94 valence electrons. The van der Waals surface area contributed by atoms with Crippen LogP contribution in [0.5, 0.6) is 5.75 Å². The topological polar surface area (TPSA) is 26.3 Å². The van der Waals surface area contributed by atoms with Gasteiger partial charge in [0.25, 0.3) is 3.79 Å². The predicted octanol–water partition coefficient (Wildman–Crippen LogP) is 4.40. The average molecular weight is 304 g/mol. The maximum absolute atomic E-state index is 12.2. The predicted molar refractivity (Wildman–Crippen MR) is 75.1 cm³/mol. The van der Waals surface area contributed by atoms with Gasteiger partial charge < -0.3 is 4.74 Å². The molecule has 0 bridgehead atoms. The molecule has 2 aromatic rings. The van der Waals surface area contributed by atoms with Crippen LogP contribution in [0, 0.1) is 0 Å². The van der Waals surface area contributed by atoms with Gasteiger partial charge in [-0.2, -0.15) is 0 Å². The molecule has 0 atom stereocenters. The molecule has 0 heterocycles. The summed E-state index contributed by atoms with van der Waals surface area (Å²) in [6, 6.07) is 10.9. The van der Waals surface area contributed by atoms with Gasteiger partial charge in [-0.1, -0.05) is 65.1 Å². The summed E-state index contributed by atoms with van der Waals surface area (Å²) in [5, 5.41) is 1.59. The number of methoxy groups -OCH3 is 1. The summed E-state index contributed by atoms with van der Waals surface area (Å²) >= 11 is 17.0. The molecule has 0 aliphatic heterocycles. The molecule has 0 saturated carbocycles. The number of fused-ring (bicyclic) bond motifs is 1. The van der Waals surface area contributed by atoms with Crippen molar-refractivity contribution in [1.29, 1.82) is 0 Å². The van der Waals surface area contributed by atoms with Crippen molar-refractivity contribution in [2.45, 2.75) is 3.79 Å². The highest BCUT2D eigenvalue weighted by atomic mass is 35.6. The van der Waals surface area contributed by atoms with Gasteiger partial charge in [0.15, 0.2) is 0 Å². The average Bonchev–Trinajstić information content (AvgIpc) is 2.35. The van der Waals surface area contributed by atoms with Crippen LogP contribution in [0.2, 0.25) is 0 Å². The molecule has 0 unspecified atom stereocenters. The zero-order valence-electron chi connectivity index (χ0n) is 9.41. The molecule has 0 aromatic heterocycles. The summed E-state index contributed by atoms with van der Waals surface area (Å²) < 4.78 is 3.17. The highest BCUT2D eigenvalue weighted by Gasteiger charge is 2.34. The van der Waals surface area contributed by atoms with Gasteiger partial charge in [0.2, 0.25) is 5.78 Å². The Hall–Kier alpha value is -0.960. The zero-order valence-corrected chi connectivity index (χ0v) is 11.7. The minimum Gasteiger partial charge on any atom is -0.496 e. The van der Waals surface area contributed by atoms with E-state index in [4.69, 9.17) is 39.5 Å². The van der Waals surface area contributed by atoms with E-state index >= 15 is 0 Å². The summed E-state index contributed by atoms with van der Waals surface area (Å²) in [5.74, 6) is -0.203. The van der Waals surface area contributed by atoms with Crippen LogP contribution < -0.4 is 4.74 Å². The fourth-order valence-electron chi connectivity index (χ4n) is 1.80. The minimum atomic E-state index is -2.00. The number of benzene rings is 2. The number of Topliss-reactive ketones (excluding diaryl/α,β-unsaturated/α-hetero) is 1. The standard InChI is InChI=1S/C13H9Cl3O2/c1-18-10-7-6-8-4-2-3-5-9(8)11(10)12(17)13(14,15)16/h2-7H,1H3. The first-order valence-corrected chi connectivity index (χ1v) is 6.26. The Labute approximate surface area is 119 Å². The second kappa shape index (κ2) is 4.96. The van der Waals surface area contributed by atoms with Crippen molar-refractivity contribution in [3.8, 4) is 5.75 Å². The first-order chi connectivity index (χ1) is 8.45. The minimum absolute atomic E-state index is 0.288. The third kappa shape index (κ3) is 2.41. The van der Waals surface area contributed by atoms with Crippen molar-refractivity contribution >= 4 is 51.4 Å². The van der Waals surface area contributed by atoms with E-state index in [0.717, 1.165) is 5.39 Å². The molecule has 0 saturated heterocycles. The van der Waals surface area contributed by atoms with E-state index in [1.807, 2.05) is 24.3 Å². The first-order valence-electron chi connectivity index (χ1n) is 5.12. The summed E-state index contributed by atoms with van der Waals surface area (Å²) in [6.07, 6.45) is 0. The Balaban J connectivity index is 2.77. The summed E-state index contributed by atoms with van der Waals surface area (Å²) in [4.78, 5) is 12.2. The van der Waals surface area contributed by atoms with Gasteiger partial charge >= 0.3 is 0 Å². The van der Waals surface area contributed by atoms with Crippen molar-refractivity contribution in [3.05, 3.63) is 42.0 Å². The highest BCUT2D eigenvalue weighted by molar-refractivity contribution is 6.77. The van der Waals surface area contributed by atoms with Crippen LogP contribution in [0.15, 0.2) is 36.4 Å². The SMILES string of the molecule is COc1ccc2ccccc2c1C(=O)C(Cl)(Cl)Cl. The number of carbonyl (C=O) groups excluding carboxylic acids is 1. The molecule has 5 heteroatoms. The summed E-state index contributed by atoms with van der Waals surface area (Å²) in [6.45, 7) is 0. The van der Waals surface area contributed by atoms with Crippen molar-refractivity contribution in [3.63, 3.8) is 0 Å². The van der Waals surface area contributed by atoms with E-state index in [1.165, 1.54) is 7.11 Å². The summed E-state index contributed by atoms with van der Waals surface area (Å²) in [7, 11) is 1.47. The highest BCUT2D eigenvalue weighted by Crippen LogP contribution is 2.37. The van der Waals surface area contributed by atoms with Gasteiger partial charge in [-0.25, -0.2) is 0 Å². The van der Waals surface area contributed by atoms with Crippen LogP contribution >= 0.6 is 34.8 Å². The van der Waals surface area contributed by atoms with E-state index in [0.29, 0.717) is 11.1 Å². The Kier molecular flexibility index (Phi) is 3.71. The molecule has 0 aliphatic rings. The third-order valence-corrected chi connectivity index (χ3v) is 3.11. The lowest BCUT2D eigenvalue weighted by molar-refractivity contribution is 0.0995. The quantitative estimate of drug-likeness (QED) is 0.607. The second-order valence-corrected chi connectivity index (χ2v) is 5.97. The number of ether oxygens (including phenoxy) is 1. The number of carbonyl (C=O) groups is 1. The third-order valence-electron chi connectivity index (χ3n) is 2.60. The molecule has 2 aromatic carbocycles. The maximum atomic E-state index is 12.2. The van der Waals surface area contributed by atoms with Crippen LogP contribution in [0.4, 0.5) is 0 Å². The normalized spacial score (nSPS) is 11.6.